The van der Waals surface area contributed by atoms with E-state index in [4.69, 9.17) is 5.11 Å². The topological polar surface area (TPSA) is 124 Å². The van der Waals surface area contributed by atoms with Crippen molar-refractivity contribution < 1.29 is 14.8 Å². The fourth-order valence-corrected chi connectivity index (χ4v) is 4.43. The number of carbonyl (C=O) groups is 1. The number of carboxylic acids is 1. The summed E-state index contributed by atoms with van der Waals surface area (Å²) < 4.78 is 2.51. The zero-order valence-corrected chi connectivity index (χ0v) is 18.6. The highest BCUT2D eigenvalue weighted by Crippen LogP contribution is 2.33. The van der Waals surface area contributed by atoms with Crippen LogP contribution in [-0.2, 0) is 17.9 Å². The summed E-state index contributed by atoms with van der Waals surface area (Å²) in [6.45, 7) is 0.134. The van der Waals surface area contributed by atoms with E-state index in [1.54, 1.807) is 48.5 Å². The maximum Gasteiger partial charge on any atom is 0.317 e. The molecule has 3 aromatic carbocycles. The van der Waals surface area contributed by atoms with Gasteiger partial charge in [-0.3, -0.25) is 33.6 Å². The fourth-order valence-electron chi connectivity index (χ4n) is 3.67. The second-order valence-corrected chi connectivity index (χ2v) is 8.52. The smallest absolute Gasteiger partial charge is 0.317 e. The number of hydrogen-bond acceptors (Lipinski definition) is 6. The average molecular weight is 477 g/mol. The number of thioether (sulfide) groups is 1. The molecule has 4 rings (SSSR count). The van der Waals surface area contributed by atoms with Crippen molar-refractivity contribution in [3.63, 3.8) is 0 Å². The molecule has 0 spiro atoms. The van der Waals surface area contributed by atoms with Gasteiger partial charge < -0.3 is 5.11 Å². The van der Waals surface area contributed by atoms with Crippen LogP contribution in [0.3, 0.4) is 0 Å². The quantitative estimate of drug-likeness (QED) is 0.179. The van der Waals surface area contributed by atoms with Gasteiger partial charge in [0.25, 0.3) is 5.69 Å². The molecule has 0 radical (unpaired) electrons. The van der Waals surface area contributed by atoms with Gasteiger partial charge in [-0.2, -0.15) is 0 Å². The summed E-state index contributed by atoms with van der Waals surface area (Å²) in [4.78, 5) is 48.7. The molecule has 0 aliphatic rings. The van der Waals surface area contributed by atoms with Crippen molar-refractivity contribution in [3.8, 4) is 0 Å². The van der Waals surface area contributed by atoms with E-state index in [2.05, 4.69) is 0 Å². The van der Waals surface area contributed by atoms with Crippen LogP contribution in [0.25, 0.3) is 11.0 Å². The van der Waals surface area contributed by atoms with Gasteiger partial charge in [0, 0.05) is 6.07 Å². The first-order chi connectivity index (χ1) is 16.3. The number of rotatable bonds is 8. The summed E-state index contributed by atoms with van der Waals surface area (Å²) in [5.74, 6) is -1.52. The number of aliphatic carboxylic acids is 1. The Morgan fingerprint density at radius 2 is 1.32 bits per heavy atom. The first-order valence-electron chi connectivity index (χ1n) is 10.2. The predicted octanol–water partition coefficient (Wildman–Crippen LogP) is 3.34. The van der Waals surface area contributed by atoms with Crippen LogP contribution in [0.15, 0.2) is 87.3 Å². The minimum absolute atomic E-state index is 0.0519. The van der Waals surface area contributed by atoms with Crippen LogP contribution in [0, 0.1) is 10.1 Å². The molecule has 1 aromatic heterocycles. The van der Waals surface area contributed by atoms with Crippen LogP contribution in [0.2, 0.25) is 0 Å². The van der Waals surface area contributed by atoms with E-state index in [1.165, 1.54) is 21.3 Å². The van der Waals surface area contributed by atoms with E-state index in [0.29, 0.717) is 5.52 Å². The summed E-state index contributed by atoms with van der Waals surface area (Å²) >= 11 is 0.789. The zero-order valence-electron chi connectivity index (χ0n) is 17.8. The van der Waals surface area contributed by atoms with Crippen molar-refractivity contribution >= 4 is 34.5 Å². The van der Waals surface area contributed by atoms with Crippen LogP contribution in [0.4, 0.5) is 5.69 Å². The molecule has 0 amide bonds. The lowest BCUT2D eigenvalue weighted by Crippen LogP contribution is -2.42. The lowest BCUT2D eigenvalue weighted by Gasteiger charge is -2.16. The van der Waals surface area contributed by atoms with Gasteiger partial charge in [0.1, 0.15) is 0 Å². The Hall–Kier alpha value is -4.18. The Morgan fingerprint density at radius 1 is 0.853 bits per heavy atom. The first kappa shape index (κ1) is 23.0. The number of nitro groups is 1. The van der Waals surface area contributed by atoms with Crippen molar-refractivity contribution in [1.29, 1.82) is 0 Å². The molecule has 0 unspecified atom stereocenters. The van der Waals surface area contributed by atoms with Crippen molar-refractivity contribution in [2.75, 3.05) is 5.75 Å². The van der Waals surface area contributed by atoms with Gasteiger partial charge >= 0.3 is 17.1 Å². The van der Waals surface area contributed by atoms with Crippen molar-refractivity contribution in [3.05, 3.63) is 115 Å². The molecule has 1 N–H and O–H groups in total. The minimum atomic E-state index is -1.13. The molecule has 0 atom stereocenters. The second-order valence-electron chi connectivity index (χ2n) is 7.50. The Labute approximate surface area is 197 Å². The molecule has 0 aliphatic carbocycles. The van der Waals surface area contributed by atoms with Crippen LogP contribution < -0.4 is 11.1 Å². The SMILES string of the molecule is O=C(O)CSc1cc2c(cc1[N+](=O)[O-])n(Cc1ccccc1)c(=O)c(=O)n2Cc1ccccc1. The fraction of sp³-hybridized carbons (Fsp3) is 0.125. The third-order valence-corrected chi connectivity index (χ3v) is 6.26. The molecule has 0 saturated heterocycles. The molecule has 0 bridgehead atoms. The van der Waals surface area contributed by atoms with Crippen molar-refractivity contribution in [2.24, 2.45) is 0 Å². The normalized spacial score (nSPS) is 10.9. The molecule has 0 saturated carbocycles. The molecule has 0 aliphatic heterocycles. The maximum atomic E-state index is 13.2. The molecule has 4 aromatic rings. The summed E-state index contributed by atoms with van der Waals surface area (Å²) in [5, 5.41) is 20.9. The van der Waals surface area contributed by atoms with Crippen LogP contribution in [-0.4, -0.2) is 30.9 Å². The number of nitro benzene ring substituents is 1. The summed E-state index contributed by atoms with van der Waals surface area (Å²) in [6, 6.07) is 20.7. The van der Waals surface area contributed by atoms with Gasteiger partial charge in [-0.1, -0.05) is 60.7 Å². The minimum Gasteiger partial charge on any atom is -0.481 e. The third-order valence-electron chi connectivity index (χ3n) is 5.23. The Kier molecular flexibility index (Phi) is 6.60. The van der Waals surface area contributed by atoms with E-state index in [0.717, 1.165) is 22.9 Å². The molecule has 0 fully saturated rings. The number of carboxylic acid groups (broad SMARTS) is 1. The number of fused-ring (bicyclic) bond motifs is 1. The van der Waals surface area contributed by atoms with Gasteiger partial charge in [0.05, 0.1) is 39.7 Å². The van der Waals surface area contributed by atoms with Gasteiger partial charge in [-0.25, -0.2) is 0 Å². The molecule has 172 valence electrons. The van der Waals surface area contributed by atoms with Crippen LogP contribution >= 0.6 is 11.8 Å². The molecule has 10 heteroatoms. The number of nitrogens with zero attached hydrogens (tertiary/aromatic N) is 3. The molecule has 34 heavy (non-hydrogen) atoms. The summed E-state index contributed by atoms with van der Waals surface area (Å²) in [7, 11) is 0. The van der Waals surface area contributed by atoms with E-state index < -0.39 is 22.0 Å². The molecule has 1 heterocycles. The van der Waals surface area contributed by atoms with Crippen LogP contribution in [0.5, 0.6) is 0 Å². The van der Waals surface area contributed by atoms with Crippen molar-refractivity contribution in [2.45, 2.75) is 18.0 Å². The summed E-state index contributed by atoms with van der Waals surface area (Å²) in [6.07, 6.45) is 0. The number of aromatic nitrogens is 2. The maximum absolute atomic E-state index is 13.2. The van der Waals surface area contributed by atoms with Crippen molar-refractivity contribution in [1.82, 2.24) is 9.13 Å². The average Bonchev–Trinajstić information content (AvgIpc) is 2.84. The highest BCUT2D eigenvalue weighted by molar-refractivity contribution is 8.00. The Morgan fingerprint density at radius 3 is 1.76 bits per heavy atom. The third kappa shape index (κ3) is 4.76. The lowest BCUT2D eigenvalue weighted by molar-refractivity contribution is -0.387. The predicted molar refractivity (Wildman–Crippen MR) is 129 cm³/mol. The van der Waals surface area contributed by atoms with E-state index in [1.807, 2.05) is 12.1 Å². The van der Waals surface area contributed by atoms with Crippen LogP contribution in [0.1, 0.15) is 11.1 Å². The highest BCUT2D eigenvalue weighted by atomic mass is 32.2. The Balaban J connectivity index is 2.01. The first-order valence-corrected chi connectivity index (χ1v) is 11.2. The summed E-state index contributed by atoms with van der Waals surface area (Å²) in [5.41, 5.74) is 0.147. The lowest BCUT2D eigenvalue weighted by atomic mass is 10.2. The van der Waals surface area contributed by atoms with Gasteiger partial charge in [-0.15, -0.1) is 11.8 Å². The largest absolute Gasteiger partial charge is 0.481 e. The number of benzene rings is 3. The standard InChI is InChI=1S/C24H19N3O6S/c28-22(29)15-34-21-12-19-18(11-20(21)27(32)33)25(13-16-7-3-1-4-8-16)23(30)24(31)26(19)14-17-9-5-2-6-10-17/h1-12H,13-15H2,(H,28,29). The molecular weight excluding hydrogens is 458 g/mol. The van der Waals surface area contributed by atoms with E-state index in [9.17, 15) is 24.5 Å². The molecular formula is C24H19N3O6S. The second kappa shape index (κ2) is 9.75. The number of hydrogen-bond donors (Lipinski definition) is 1. The molecule has 9 nitrogen and oxygen atoms in total. The Bertz CT molecular complexity index is 1500. The zero-order chi connectivity index (χ0) is 24.2. The van der Waals surface area contributed by atoms with Gasteiger partial charge in [0.2, 0.25) is 0 Å². The van der Waals surface area contributed by atoms with Gasteiger partial charge in [0.15, 0.2) is 0 Å². The highest BCUT2D eigenvalue weighted by Gasteiger charge is 2.22. The van der Waals surface area contributed by atoms with E-state index in [-0.39, 0.29) is 34.9 Å². The monoisotopic (exact) mass is 477 g/mol. The van der Waals surface area contributed by atoms with Gasteiger partial charge in [-0.05, 0) is 17.2 Å². The van der Waals surface area contributed by atoms with E-state index >= 15 is 0 Å².